The molecule has 0 saturated heterocycles. The third-order valence-electron chi connectivity index (χ3n) is 1.99. The topological polar surface area (TPSA) is 30.2 Å². The summed E-state index contributed by atoms with van der Waals surface area (Å²) in [4.78, 5) is 12.7. The van der Waals surface area contributed by atoms with E-state index in [0.717, 1.165) is 9.37 Å². The molecule has 0 atom stereocenters. The number of benzene rings is 1. The van der Waals surface area contributed by atoms with Crippen molar-refractivity contribution in [1.29, 1.82) is 0 Å². The van der Waals surface area contributed by atoms with Gasteiger partial charge in [-0.1, -0.05) is 12.1 Å². The number of halogens is 1. The predicted molar refractivity (Wildman–Crippen MR) is 67.9 cm³/mol. The first-order chi connectivity index (χ1) is 7.77. The molecule has 0 aliphatic heterocycles. The Balaban J connectivity index is 1.98. The summed E-state index contributed by atoms with van der Waals surface area (Å²) in [5, 5.41) is 0. The molecule has 0 radical (unpaired) electrons. The van der Waals surface area contributed by atoms with Crippen molar-refractivity contribution in [2.45, 2.75) is 4.90 Å². The molecule has 16 heavy (non-hydrogen) atoms. The van der Waals surface area contributed by atoms with Gasteiger partial charge in [0, 0.05) is 9.37 Å². The fraction of sp³-hybridized carbons (Fsp3) is 0.0833. The Morgan fingerprint density at radius 2 is 2.06 bits per heavy atom. The molecule has 4 heteroatoms. The third-order valence-corrected chi connectivity index (χ3v) is 4.02. The predicted octanol–water partition coefficient (Wildman–Crippen LogP) is 4.02. The van der Waals surface area contributed by atoms with Gasteiger partial charge >= 0.3 is 0 Å². The first kappa shape index (κ1) is 11.5. The lowest BCUT2D eigenvalue weighted by Crippen LogP contribution is -2.00. The maximum absolute atomic E-state index is 11.7. The van der Waals surface area contributed by atoms with Crippen molar-refractivity contribution in [1.82, 2.24) is 0 Å². The number of hydrogen-bond donors (Lipinski definition) is 0. The smallest absolute Gasteiger partial charge is 0.208 e. The third kappa shape index (κ3) is 2.77. The molecule has 0 aliphatic rings. The first-order valence-electron chi connectivity index (χ1n) is 4.71. The fourth-order valence-electron chi connectivity index (χ4n) is 1.21. The van der Waals surface area contributed by atoms with E-state index in [1.165, 1.54) is 18.0 Å². The highest BCUT2D eigenvalue weighted by Crippen LogP contribution is 2.27. The SMILES string of the molecule is O=C(CSc1ccccc1Br)c1ccco1. The van der Waals surface area contributed by atoms with Gasteiger partial charge in [-0.15, -0.1) is 11.8 Å². The van der Waals surface area contributed by atoms with Crippen LogP contribution < -0.4 is 0 Å². The number of thioether (sulfide) groups is 1. The van der Waals surface area contributed by atoms with Gasteiger partial charge in [0.05, 0.1) is 12.0 Å². The summed E-state index contributed by atoms with van der Waals surface area (Å²) >= 11 is 4.94. The Kier molecular flexibility index (Phi) is 3.85. The van der Waals surface area contributed by atoms with Crippen molar-refractivity contribution in [2.75, 3.05) is 5.75 Å². The van der Waals surface area contributed by atoms with Gasteiger partial charge in [-0.05, 0) is 40.2 Å². The van der Waals surface area contributed by atoms with Crippen LogP contribution in [-0.2, 0) is 0 Å². The molecular weight excluding hydrogens is 288 g/mol. The van der Waals surface area contributed by atoms with Crippen LogP contribution in [0.4, 0.5) is 0 Å². The zero-order valence-electron chi connectivity index (χ0n) is 8.35. The molecular formula is C12H9BrO2S. The van der Waals surface area contributed by atoms with E-state index < -0.39 is 0 Å². The molecule has 0 bridgehead atoms. The van der Waals surface area contributed by atoms with Gasteiger partial charge in [0.2, 0.25) is 5.78 Å². The summed E-state index contributed by atoms with van der Waals surface area (Å²) in [6, 6.07) is 11.2. The Morgan fingerprint density at radius 3 is 2.75 bits per heavy atom. The normalized spacial score (nSPS) is 10.3. The number of furan rings is 1. The van der Waals surface area contributed by atoms with Crippen molar-refractivity contribution < 1.29 is 9.21 Å². The quantitative estimate of drug-likeness (QED) is 0.631. The van der Waals surface area contributed by atoms with E-state index in [1.807, 2.05) is 24.3 Å². The largest absolute Gasteiger partial charge is 0.461 e. The van der Waals surface area contributed by atoms with Crippen molar-refractivity contribution in [3.8, 4) is 0 Å². The molecule has 2 aromatic rings. The molecule has 0 fully saturated rings. The Hall–Kier alpha value is -1.00. The van der Waals surface area contributed by atoms with Crippen LogP contribution in [-0.4, -0.2) is 11.5 Å². The van der Waals surface area contributed by atoms with Crippen LogP contribution >= 0.6 is 27.7 Å². The van der Waals surface area contributed by atoms with Gasteiger partial charge in [-0.2, -0.15) is 0 Å². The minimum absolute atomic E-state index is 0.00533. The zero-order valence-corrected chi connectivity index (χ0v) is 10.8. The van der Waals surface area contributed by atoms with Gasteiger partial charge in [-0.25, -0.2) is 0 Å². The molecule has 2 rings (SSSR count). The summed E-state index contributed by atoms with van der Waals surface area (Å²) in [5.41, 5.74) is 0. The van der Waals surface area contributed by atoms with Crippen LogP contribution in [0.3, 0.4) is 0 Å². The molecule has 0 amide bonds. The molecule has 82 valence electrons. The average Bonchev–Trinajstić information content (AvgIpc) is 2.81. The summed E-state index contributed by atoms with van der Waals surface area (Å²) in [6.07, 6.45) is 1.51. The maximum atomic E-state index is 11.7. The molecule has 0 unspecified atom stereocenters. The molecule has 1 aromatic carbocycles. The van der Waals surface area contributed by atoms with Crippen molar-refractivity contribution >= 4 is 33.5 Å². The van der Waals surface area contributed by atoms with Crippen molar-refractivity contribution in [3.05, 3.63) is 52.9 Å². The minimum atomic E-state index is 0.00533. The molecule has 1 heterocycles. The lowest BCUT2D eigenvalue weighted by atomic mass is 10.3. The highest BCUT2D eigenvalue weighted by Gasteiger charge is 2.09. The average molecular weight is 297 g/mol. The van der Waals surface area contributed by atoms with Crippen LogP contribution in [0.5, 0.6) is 0 Å². The number of carbonyl (C=O) groups is 1. The maximum Gasteiger partial charge on any atom is 0.208 e. The Bertz CT molecular complexity index is 480. The molecule has 0 aliphatic carbocycles. The van der Waals surface area contributed by atoms with Gasteiger partial charge in [0.25, 0.3) is 0 Å². The van der Waals surface area contributed by atoms with Gasteiger partial charge < -0.3 is 4.42 Å². The number of rotatable bonds is 4. The second-order valence-corrected chi connectivity index (χ2v) is 4.99. The van der Waals surface area contributed by atoms with E-state index in [1.54, 1.807) is 12.1 Å². The molecule has 1 aromatic heterocycles. The van der Waals surface area contributed by atoms with E-state index in [2.05, 4.69) is 15.9 Å². The van der Waals surface area contributed by atoms with E-state index in [-0.39, 0.29) is 5.78 Å². The van der Waals surface area contributed by atoms with Gasteiger partial charge in [-0.3, -0.25) is 4.79 Å². The Labute approximate surface area is 106 Å². The van der Waals surface area contributed by atoms with Crippen LogP contribution in [0.2, 0.25) is 0 Å². The summed E-state index contributed by atoms with van der Waals surface area (Å²) < 4.78 is 6.05. The van der Waals surface area contributed by atoms with Crippen molar-refractivity contribution in [2.24, 2.45) is 0 Å². The van der Waals surface area contributed by atoms with Crippen LogP contribution in [0.25, 0.3) is 0 Å². The minimum Gasteiger partial charge on any atom is -0.461 e. The lowest BCUT2D eigenvalue weighted by Gasteiger charge is -2.01. The van der Waals surface area contributed by atoms with Gasteiger partial charge in [0.1, 0.15) is 0 Å². The highest BCUT2D eigenvalue weighted by atomic mass is 79.9. The summed E-state index contributed by atoms with van der Waals surface area (Å²) in [7, 11) is 0. The van der Waals surface area contributed by atoms with E-state index >= 15 is 0 Å². The number of Topliss-reactive ketones (excluding diaryl/α,β-unsaturated/α-hetero) is 1. The lowest BCUT2D eigenvalue weighted by molar-refractivity contribution is 0.0992. The van der Waals surface area contributed by atoms with Crippen molar-refractivity contribution in [3.63, 3.8) is 0 Å². The molecule has 0 saturated carbocycles. The van der Waals surface area contributed by atoms with Crippen LogP contribution in [0, 0.1) is 0 Å². The highest BCUT2D eigenvalue weighted by molar-refractivity contribution is 9.10. The van der Waals surface area contributed by atoms with E-state index in [4.69, 9.17) is 4.42 Å². The summed E-state index contributed by atoms with van der Waals surface area (Å²) in [6.45, 7) is 0. The molecule has 2 nitrogen and oxygen atoms in total. The number of carbonyl (C=O) groups excluding carboxylic acids is 1. The standard InChI is InChI=1S/C12H9BrO2S/c13-9-4-1-2-6-12(9)16-8-10(14)11-5-3-7-15-11/h1-7H,8H2. The van der Waals surface area contributed by atoms with Crippen LogP contribution in [0.1, 0.15) is 10.6 Å². The second-order valence-electron chi connectivity index (χ2n) is 3.12. The first-order valence-corrected chi connectivity index (χ1v) is 6.49. The summed E-state index contributed by atoms with van der Waals surface area (Å²) in [5.74, 6) is 0.807. The van der Waals surface area contributed by atoms with E-state index in [0.29, 0.717) is 11.5 Å². The monoisotopic (exact) mass is 296 g/mol. The fourth-order valence-corrected chi connectivity index (χ4v) is 2.65. The molecule has 0 spiro atoms. The second kappa shape index (κ2) is 5.37. The number of ketones is 1. The Morgan fingerprint density at radius 1 is 1.25 bits per heavy atom. The van der Waals surface area contributed by atoms with E-state index in [9.17, 15) is 4.79 Å². The zero-order chi connectivity index (χ0) is 11.4. The molecule has 0 N–H and O–H groups in total. The number of hydrogen-bond acceptors (Lipinski definition) is 3. The van der Waals surface area contributed by atoms with Crippen LogP contribution in [0.15, 0.2) is 56.4 Å². The van der Waals surface area contributed by atoms with Gasteiger partial charge in [0.15, 0.2) is 5.76 Å².